The van der Waals surface area contributed by atoms with Gasteiger partial charge in [0.25, 0.3) is 0 Å². The van der Waals surface area contributed by atoms with Gasteiger partial charge in [-0.05, 0) is 39.0 Å². The molecule has 0 unspecified atom stereocenters. The molecule has 3 heteroatoms. The summed E-state index contributed by atoms with van der Waals surface area (Å²) in [5.41, 5.74) is 1.13. The summed E-state index contributed by atoms with van der Waals surface area (Å²) >= 11 is 0. The van der Waals surface area contributed by atoms with E-state index in [1.54, 1.807) is 14.0 Å². The predicted molar refractivity (Wildman–Crippen MR) is 80.5 cm³/mol. The number of ether oxygens (including phenoxy) is 1. The van der Waals surface area contributed by atoms with Crippen molar-refractivity contribution in [1.82, 2.24) is 0 Å². The van der Waals surface area contributed by atoms with Crippen molar-refractivity contribution in [1.29, 1.82) is 0 Å². The Balaban J connectivity index is 2.91. The van der Waals surface area contributed by atoms with E-state index in [9.17, 15) is 9.59 Å². The van der Waals surface area contributed by atoms with E-state index in [0.29, 0.717) is 18.8 Å². The minimum absolute atomic E-state index is 0.0760. The third kappa shape index (κ3) is 4.27. The van der Waals surface area contributed by atoms with Gasteiger partial charge in [-0.1, -0.05) is 25.5 Å². The lowest BCUT2D eigenvalue weighted by molar-refractivity contribution is -0.139. The predicted octanol–water partition coefficient (Wildman–Crippen LogP) is 3.57. The molecule has 0 aromatic heterocycles. The fourth-order valence-electron chi connectivity index (χ4n) is 3.10. The van der Waals surface area contributed by atoms with Crippen molar-refractivity contribution in [3.05, 3.63) is 11.6 Å². The van der Waals surface area contributed by atoms with Crippen LogP contribution < -0.4 is 0 Å². The van der Waals surface area contributed by atoms with E-state index in [2.05, 4.69) is 19.9 Å². The van der Waals surface area contributed by atoms with Gasteiger partial charge in [-0.15, -0.1) is 0 Å². The van der Waals surface area contributed by atoms with E-state index in [-0.39, 0.29) is 23.4 Å². The van der Waals surface area contributed by atoms with Crippen LogP contribution in [0.3, 0.4) is 0 Å². The molecule has 0 amide bonds. The van der Waals surface area contributed by atoms with Crippen LogP contribution in [0.2, 0.25) is 0 Å². The molecule has 0 heterocycles. The normalized spacial score (nSPS) is 28.0. The Morgan fingerprint density at radius 2 is 2.05 bits per heavy atom. The lowest BCUT2D eigenvalue weighted by atomic mass is 9.71. The number of methoxy groups -OCH3 is 1. The average Bonchev–Trinajstić information content (AvgIpc) is 2.37. The van der Waals surface area contributed by atoms with Crippen molar-refractivity contribution >= 4 is 11.6 Å². The Bertz CT molecular complexity index is 380. The van der Waals surface area contributed by atoms with Crippen LogP contribution in [0.15, 0.2) is 11.6 Å². The molecule has 0 aromatic rings. The Labute approximate surface area is 122 Å². The third-order valence-corrected chi connectivity index (χ3v) is 4.29. The Morgan fingerprint density at radius 3 is 2.55 bits per heavy atom. The Morgan fingerprint density at radius 1 is 1.40 bits per heavy atom. The second kappa shape index (κ2) is 7.72. The Kier molecular flexibility index (Phi) is 6.60. The number of ketones is 2. The first-order valence-corrected chi connectivity index (χ1v) is 7.61. The SMILES string of the molecule is CO[C@@H]1C(=O)CC[C@H](C(C)=O)[C@H]1C(C)=CCCC(C)C. The van der Waals surface area contributed by atoms with Crippen molar-refractivity contribution in [2.24, 2.45) is 17.8 Å². The van der Waals surface area contributed by atoms with E-state index in [1.165, 1.54) is 0 Å². The van der Waals surface area contributed by atoms with Gasteiger partial charge in [0.2, 0.25) is 0 Å². The molecule has 1 rings (SSSR count). The number of carbonyl (C=O) groups is 2. The van der Waals surface area contributed by atoms with Crippen LogP contribution in [0.1, 0.15) is 53.4 Å². The fourth-order valence-corrected chi connectivity index (χ4v) is 3.10. The molecule has 3 atom stereocenters. The number of hydrogen-bond acceptors (Lipinski definition) is 3. The fraction of sp³-hybridized carbons (Fsp3) is 0.765. The van der Waals surface area contributed by atoms with Gasteiger partial charge in [0.05, 0.1) is 0 Å². The Hall–Kier alpha value is -0.960. The molecule has 20 heavy (non-hydrogen) atoms. The van der Waals surface area contributed by atoms with Crippen molar-refractivity contribution in [3.63, 3.8) is 0 Å². The zero-order valence-electron chi connectivity index (χ0n) is 13.4. The van der Waals surface area contributed by atoms with Crippen LogP contribution in [0.5, 0.6) is 0 Å². The standard InChI is InChI=1S/C17H28O3/c1-11(2)7-6-8-12(3)16-14(13(4)18)9-10-15(19)17(16)20-5/h8,11,14,16-17H,6-7,9-10H2,1-5H3/t14-,16-,17-/m1/s1. The molecule has 114 valence electrons. The van der Waals surface area contributed by atoms with Crippen LogP contribution in [0.4, 0.5) is 0 Å². The van der Waals surface area contributed by atoms with Gasteiger partial charge in [-0.3, -0.25) is 9.59 Å². The maximum absolute atomic E-state index is 12.0. The first kappa shape index (κ1) is 17.1. The molecule has 1 fully saturated rings. The molecule has 0 bridgehead atoms. The summed E-state index contributed by atoms with van der Waals surface area (Å²) in [6, 6.07) is 0. The van der Waals surface area contributed by atoms with Gasteiger partial charge in [-0.25, -0.2) is 0 Å². The van der Waals surface area contributed by atoms with Gasteiger partial charge in [-0.2, -0.15) is 0 Å². The van der Waals surface area contributed by atoms with E-state index < -0.39 is 6.10 Å². The molecule has 0 N–H and O–H groups in total. The average molecular weight is 280 g/mol. The second-order valence-electron chi connectivity index (χ2n) is 6.32. The van der Waals surface area contributed by atoms with Gasteiger partial charge in [0.1, 0.15) is 11.9 Å². The third-order valence-electron chi connectivity index (χ3n) is 4.29. The van der Waals surface area contributed by atoms with E-state index in [0.717, 1.165) is 18.4 Å². The molecule has 0 aliphatic heterocycles. The first-order chi connectivity index (χ1) is 9.38. The van der Waals surface area contributed by atoms with Gasteiger partial charge in [0.15, 0.2) is 5.78 Å². The quantitative estimate of drug-likeness (QED) is 0.699. The van der Waals surface area contributed by atoms with Crippen LogP contribution in [0.25, 0.3) is 0 Å². The van der Waals surface area contributed by atoms with Gasteiger partial charge in [0, 0.05) is 25.4 Å². The zero-order chi connectivity index (χ0) is 15.3. The molecule has 1 aliphatic rings. The molecule has 0 aromatic carbocycles. The number of carbonyl (C=O) groups excluding carboxylic acids is 2. The molecular formula is C17H28O3. The zero-order valence-corrected chi connectivity index (χ0v) is 13.4. The van der Waals surface area contributed by atoms with Gasteiger partial charge >= 0.3 is 0 Å². The summed E-state index contributed by atoms with van der Waals surface area (Å²) in [5, 5.41) is 0. The monoisotopic (exact) mass is 280 g/mol. The smallest absolute Gasteiger partial charge is 0.162 e. The molecular weight excluding hydrogens is 252 g/mol. The number of allylic oxidation sites excluding steroid dienone is 1. The number of Topliss-reactive ketones (excluding diaryl/α,β-unsaturated/α-hetero) is 2. The summed E-state index contributed by atoms with van der Waals surface area (Å²) in [6.07, 6.45) is 4.97. The molecule has 0 radical (unpaired) electrons. The van der Waals surface area contributed by atoms with E-state index >= 15 is 0 Å². The summed E-state index contributed by atoms with van der Waals surface area (Å²) in [4.78, 5) is 23.9. The molecule has 0 spiro atoms. The van der Waals surface area contributed by atoms with Crippen LogP contribution in [-0.4, -0.2) is 24.8 Å². The highest BCUT2D eigenvalue weighted by molar-refractivity contribution is 5.89. The minimum atomic E-state index is -0.451. The lowest BCUT2D eigenvalue weighted by Crippen LogP contribution is -2.43. The van der Waals surface area contributed by atoms with E-state index in [1.807, 2.05) is 6.92 Å². The van der Waals surface area contributed by atoms with Crippen LogP contribution in [-0.2, 0) is 14.3 Å². The molecule has 0 saturated heterocycles. The highest BCUT2D eigenvalue weighted by Crippen LogP contribution is 2.36. The molecule has 1 saturated carbocycles. The van der Waals surface area contributed by atoms with Crippen molar-refractivity contribution in [3.8, 4) is 0 Å². The van der Waals surface area contributed by atoms with Gasteiger partial charge < -0.3 is 4.74 Å². The number of rotatable bonds is 6. The van der Waals surface area contributed by atoms with E-state index in [4.69, 9.17) is 4.74 Å². The highest BCUT2D eigenvalue weighted by Gasteiger charge is 2.41. The lowest BCUT2D eigenvalue weighted by Gasteiger charge is -2.36. The minimum Gasteiger partial charge on any atom is -0.373 e. The summed E-state index contributed by atoms with van der Waals surface area (Å²) in [5.74, 6) is 0.806. The van der Waals surface area contributed by atoms with Crippen molar-refractivity contribution in [2.45, 2.75) is 59.5 Å². The maximum Gasteiger partial charge on any atom is 0.162 e. The maximum atomic E-state index is 12.0. The summed E-state index contributed by atoms with van der Waals surface area (Å²) in [6.45, 7) is 8.06. The van der Waals surface area contributed by atoms with Crippen LogP contribution in [0, 0.1) is 17.8 Å². The molecule has 1 aliphatic carbocycles. The topological polar surface area (TPSA) is 43.4 Å². The van der Waals surface area contributed by atoms with Crippen LogP contribution >= 0.6 is 0 Å². The highest BCUT2D eigenvalue weighted by atomic mass is 16.5. The summed E-state index contributed by atoms with van der Waals surface area (Å²) < 4.78 is 5.40. The second-order valence-corrected chi connectivity index (χ2v) is 6.32. The summed E-state index contributed by atoms with van der Waals surface area (Å²) in [7, 11) is 1.57. The number of hydrogen-bond donors (Lipinski definition) is 0. The largest absolute Gasteiger partial charge is 0.373 e. The molecule has 3 nitrogen and oxygen atoms in total. The first-order valence-electron chi connectivity index (χ1n) is 7.61. The van der Waals surface area contributed by atoms with Crippen molar-refractivity contribution < 1.29 is 14.3 Å². The van der Waals surface area contributed by atoms with Crippen molar-refractivity contribution in [2.75, 3.05) is 7.11 Å².